The Morgan fingerprint density at radius 1 is 1.00 bits per heavy atom. The number of alkyl halides is 3. The van der Waals surface area contributed by atoms with Crippen LogP contribution in [0.15, 0.2) is 53.4 Å². The monoisotopic (exact) mass is 475 g/mol. The molecule has 0 aliphatic heterocycles. The van der Waals surface area contributed by atoms with Crippen molar-refractivity contribution in [1.82, 2.24) is 4.72 Å². The van der Waals surface area contributed by atoms with Crippen LogP contribution in [-0.2, 0) is 25.7 Å². The molecule has 2 aromatic carbocycles. The van der Waals surface area contributed by atoms with Gasteiger partial charge in [0.25, 0.3) is 0 Å². The van der Waals surface area contributed by atoms with Gasteiger partial charge >= 0.3 is 12.1 Å². The second-order valence-corrected chi connectivity index (χ2v) is 8.93. The minimum Gasteiger partial charge on any atom is -0.469 e. The number of carbonyl (C=O) groups excluding carboxylic acids is 1. The van der Waals surface area contributed by atoms with Crippen LogP contribution >= 0.6 is 0 Å². The normalized spacial score (nSPS) is 13.0. The number of hydrogen-bond donors (Lipinski definition) is 1. The van der Waals surface area contributed by atoms with Crippen LogP contribution in [0.1, 0.15) is 55.7 Å². The summed E-state index contributed by atoms with van der Waals surface area (Å²) in [6, 6.07) is 8.23. The molecule has 1 N–H and O–H groups in total. The summed E-state index contributed by atoms with van der Waals surface area (Å²) in [6.45, 7) is 0. The maximum absolute atomic E-state index is 13.3. The van der Waals surface area contributed by atoms with Gasteiger partial charge in [-0.1, -0.05) is 43.5 Å². The quantitative estimate of drug-likeness (QED) is 0.269. The first-order chi connectivity index (χ1) is 15.0. The summed E-state index contributed by atoms with van der Waals surface area (Å²) in [7, 11) is -3.21. The van der Waals surface area contributed by atoms with Crippen LogP contribution in [0.2, 0.25) is 0 Å². The van der Waals surface area contributed by atoms with Crippen LogP contribution in [0, 0.1) is 5.82 Å². The molecular weight excluding hydrogens is 450 g/mol. The van der Waals surface area contributed by atoms with Gasteiger partial charge in [-0.3, -0.25) is 4.79 Å². The van der Waals surface area contributed by atoms with Gasteiger partial charge in [0.1, 0.15) is 5.82 Å². The first-order valence-corrected chi connectivity index (χ1v) is 11.5. The van der Waals surface area contributed by atoms with Crippen molar-refractivity contribution in [1.29, 1.82) is 0 Å². The van der Waals surface area contributed by atoms with Crippen molar-refractivity contribution in [2.45, 2.75) is 55.6 Å². The summed E-state index contributed by atoms with van der Waals surface area (Å²) in [5, 5.41) is 0. The molecule has 0 amide bonds. The average molecular weight is 476 g/mol. The molecule has 1 unspecified atom stereocenters. The van der Waals surface area contributed by atoms with Crippen LogP contribution in [0.3, 0.4) is 0 Å². The number of rotatable bonds is 11. The Morgan fingerprint density at radius 3 is 2.25 bits per heavy atom. The zero-order valence-electron chi connectivity index (χ0n) is 17.5. The lowest BCUT2D eigenvalue weighted by atomic mass is 10.0. The molecule has 0 bridgehead atoms. The topological polar surface area (TPSA) is 72.5 Å². The molecule has 2 aromatic rings. The molecule has 10 heteroatoms. The van der Waals surface area contributed by atoms with Crippen molar-refractivity contribution in [2.24, 2.45) is 0 Å². The molecule has 0 fully saturated rings. The van der Waals surface area contributed by atoms with E-state index in [1.54, 1.807) is 0 Å². The van der Waals surface area contributed by atoms with Crippen molar-refractivity contribution in [3.8, 4) is 0 Å². The zero-order chi connectivity index (χ0) is 23.8. The predicted molar refractivity (Wildman–Crippen MR) is 111 cm³/mol. The van der Waals surface area contributed by atoms with E-state index in [-0.39, 0.29) is 18.8 Å². The number of nitrogens with one attached hydrogen (secondary N) is 1. The minimum atomic E-state index is -4.84. The van der Waals surface area contributed by atoms with Crippen molar-refractivity contribution in [2.75, 3.05) is 7.11 Å². The molecule has 2 rings (SSSR count). The van der Waals surface area contributed by atoms with Crippen molar-refractivity contribution >= 4 is 16.0 Å². The lowest BCUT2D eigenvalue weighted by Gasteiger charge is -2.21. The number of ether oxygens (including phenoxy) is 1. The summed E-state index contributed by atoms with van der Waals surface area (Å²) in [4.78, 5) is 10.3. The van der Waals surface area contributed by atoms with Gasteiger partial charge in [-0.2, -0.15) is 13.2 Å². The molecule has 0 aromatic heterocycles. The van der Waals surface area contributed by atoms with Gasteiger partial charge in [0.05, 0.1) is 17.6 Å². The highest BCUT2D eigenvalue weighted by atomic mass is 32.2. The van der Waals surface area contributed by atoms with E-state index in [1.165, 1.54) is 25.3 Å². The molecule has 0 saturated carbocycles. The lowest BCUT2D eigenvalue weighted by Crippen LogP contribution is -2.30. The van der Waals surface area contributed by atoms with Gasteiger partial charge in [0.15, 0.2) is 0 Å². The zero-order valence-corrected chi connectivity index (χ0v) is 18.3. The maximum atomic E-state index is 13.3. The Bertz CT molecular complexity index is 992. The largest absolute Gasteiger partial charge is 0.469 e. The van der Waals surface area contributed by atoms with Crippen LogP contribution in [0.25, 0.3) is 0 Å². The Kier molecular flexibility index (Phi) is 9.21. The highest BCUT2D eigenvalue weighted by Crippen LogP contribution is 2.34. The number of esters is 1. The van der Waals surface area contributed by atoms with Gasteiger partial charge in [-0.05, 0) is 42.7 Å². The smallest absolute Gasteiger partial charge is 0.417 e. The Hall–Kier alpha value is -2.46. The fourth-order valence-electron chi connectivity index (χ4n) is 3.25. The van der Waals surface area contributed by atoms with Crippen LogP contribution in [-0.4, -0.2) is 21.5 Å². The van der Waals surface area contributed by atoms with Crippen molar-refractivity contribution in [3.05, 3.63) is 65.5 Å². The molecule has 0 radical (unpaired) electrons. The van der Waals surface area contributed by atoms with E-state index in [4.69, 9.17) is 0 Å². The molecular formula is C22H25F4NO4S. The number of unbranched alkanes of at least 4 members (excludes halogenated alkanes) is 3. The molecule has 5 nitrogen and oxygen atoms in total. The average Bonchev–Trinajstić information content (AvgIpc) is 2.75. The van der Waals surface area contributed by atoms with E-state index in [0.29, 0.717) is 37.3 Å². The Morgan fingerprint density at radius 2 is 1.62 bits per heavy atom. The molecule has 0 aliphatic rings. The van der Waals surface area contributed by atoms with E-state index in [2.05, 4.69) is 9.46 Å². The van der Waals surface area contributed by atoms with Crippen molar-refractivity contribution < 1.29 is 35.5 Å². The molecule has 176 valence electrons. The first kappa shape index (κ1) is 25.8. The lowest BCUT2D eigenvalue weighted by molar-refractivity contribution is -0.141. The van der Waals surface area contributed by atoms with Gasteiger partial charge in [0.2, 0.25) is 10.0 Å². The number of hydrogen-bond acceptors (Lipinski definition) is 4. The Labute approximate surface area is 184 Å². The van der Waals surface area contributed by atoms with Gasteiger partial charge in [-0.25, -0.2) is 17.5 Å². The summed E-state index contributed by atoms with van der Waals surface area (Å²) in [6.07, 6.45) is -1.73. The van der Waals surface area contributed by atoms with E-state index in [0.717, 1.165) is 24.3 Å². The van der Waals surface area contributed by atoms with Gasteiger partial charge in [-0.15, -0.1) is 0 Å². The fraction of sp³-hybridized carbons (Fsp3) is 0.409. The third kappa shape index (κ3) is 7.59. The molecule has 0 heterocycles. The highest BCUT2D eigenvalue weighted by Gasteiger charge is 2.37. The summed E-state index contributed by atoms with van der Waals surface area (Å²) in [5.41, 5.74) is -0.817. The molecule has 0 aliphatic carbocycles. The molecule has 0 spiro atoms. The molecule has 1 atom stereocenters. The van der Waals surface area contributed by atoms with E-state index < -0.39 is 38.5 Å². The SMILES string of the molecule is COC(=O)CCCCCCC(NS(=O)(=O)c1ccccc1C(F)(F)F)c1ccc(F)cc1. The highest BCUT2D eigenvalue weighted by molar-refractivity contribution is 7.89. The Balaban J connectivity index is 2.16. The van der Waals surface area contributed by atoms with Crippen molar-refractivity contribution in [3.63, 3.8) is 0 Å². The minimum absolute atomic E-state index is 0.277. The number of methoxy groups -OCH3 is 1. The fourth-order valence-corrected chi connectivity index (χ4v) is 4.73. The second kappa shape index (κ2) is 11.4. The summed E-state index contributed by atoms with van der Waals surface area (Å²) in [5.74, 6) is -0.828. The standard InChI is InChI=1S/C22H25F4NO4S/c1-31-21(28)11-5-3-2-4-9-19(16-12-14-17(23)15-13-16)27-32(29,30)20-10-7-6-8-18(20)22(24,25)26/h6-8,10,12-15,19,27H,2-5,9,11H2,1H3. The number of benzene rings is 2. The molecule has 0 saturated heterocycles. The number of sulfonamides is 1. The third-order valence-corrected chi connectivity index (χ3v) is 6.43. The van der Waals surface area contributed by atoms with E-state index in [1.807, 2.05) is 0 Å². The third-order valence-electron chi connectivity index (χ3n) is 4.90. The van der Waals surface area contributed by atoms with E-state index >= 15 is 0 Å². The van der Waals surface area contributed by atoms with Crippen LogP contribution in [0.4, 0.5) is 17.6 Å². The first-order valence-electron chi connectivity index (χ1n) is 10.1. The second-order valence-electron chi connectivity index (χ2n) is 7.25. The van der Waals surface area contributed by atoms with Crippen LogP contribution < -0.4 is 4.72 Å². The number of carbonyl (C=O) groups is 1. The summed E-state index contributed by atoms with van der Waals surface area (Å²) < 4.78 is 85.9. The predicted octanol–water partition coefficient (Wildman–Crippen LogP) is 5.38. The van der Waals surface area contributed by atoms with E-state index in [9.17, 15) is 30.8 Å². The maximum Gasteiger partial charge on any atom is 0.417 e. The van der Waals surface area contributed by atoms with Crippen LogP contribution in [0.5, 0.6) is 0 Å². The number of halogens is 4. The van der Waals surface area contributed by atoms with Gasteiger partial charge < -0.3 is 4.74 Å². The summed E-state index contributed by atoms with van der Waals surface area (Å²) >= 11 is 0. The van der Waals surface area contributed by atoms with Gasteiger partial charge in [0, 0.05) is 12.5 Å². The molecule has 32 heavy (non-hydrogen) atoms.